The van der Waals surface area contributed by atoms with Gasteiger partial charge in [0.2, 0.25) is 0 Å². The van der Waals surface area contributed by atoms with Gasteiger partial charge in [-0.3, -0.25) is 14.4 Å². The van der Waals surface area contributed by atoms with Crippen molar-refractivity contribution in [2.24, 2.45) is 0 Å². The Morgan fingerprint density at radius 1 is 0.259 bits per heavy atom. The third kappa shape index (κ3) is 66.0. The van der Waals surface area contributed by atoms with E-state index >= 15 is 0 Å². The molecule has 0 aromatic heterocycles. The minimum atomic E-state index is -0.795. The lowest BCUT2D eigenvalue weighted by atomic mass is 10.1. The van der Waals surface area contributed by atoms with E-state index in [9.17, 15) is 14.4 Å². The Bertz CT molecular complexity index is 1760. The van der Waals surface area contributed by atoms with Gasteiger partial charge < -0.3 is 14.2 Å². The van der Waals surface area contributed by atoms with E-state index in [4.69, 9.17) is 14.2 Å². The summed E-state index contributed by atoms with van der Waals surface area (Å²) >= 11 is 0. The molecule has 6 nitrogen and oxygen atoms in total. The average molecular weight is 1120 g/mol. The first kappa shape index (κ1) is 76.3. The lowest BCUT2D eigenvalue weighted by Crippen LogP contribution is -2.30. The summed E-state index contributed by atoms with van der Waals surface area (Å²) in [6.45, 7) is 6.43. The second kappa shape index (κ2) is 67.8. The molecule has 0 rings (SSSR count). The molecule has 0 fully saturated rings. The lowest BCUT2D eigenvalue weighted by molar-refractivity contribution is -0.167. The van der Waals surface area contributed by atoms with Crippen molar-refractivity contribution in [2.45, 2.75) is 297 Å². The van der Waals surface area contributed by atoms with Crippen LogP contribution >= 0.6 is 0 Å². The standard InChI is InChI=1S/C75H122O6/c1-4-7-10-13-16-19-22-24-26-28-30-31-32-33-34-35-36-37-38-39-40-41-42-43-44-45-46-48-49-51-53-56-59-62-65-68-74(77)80-71-72(70-79-73(76)67-64-61-58-55-21-18-15-12-9-6-3)81-75(78)69-66-63-60-57-54-52-50-47-29-27-25-23-20-17-14-11-8-5-2/h7,10,12,15-16,19-20,23-24,26-27,29-31,33-34,36-37,39-40,42-43,45-46,72H,4-6,8-9,11,13-14,17-18,21-22,25,28,32,35,38,41,44,47-71H2,1-3H3/b10-7-,15-12-,19-16-,23-20-,26-24-,29-27-,31-30-,34-33-,37-36-,40-39-,43-42-,46-45-. The molecule has 0 amide bonds. The van der Waals surface area contributed by atoms with Gasteiger partial charge in [-0.25, -0.2) is 0 Å². The van der Waals surface area contributed by atoms with E-state index in [0.29, 0.717) is 19.3 Å². The third-order valence-corrected chi connectivity index (χ3v) is 13.8. The monoisotopic (exact) mass is 1120 g/mol. The highest BCUT2D eigenvalue weighted by Crippen LogP contribution is 2.15. The van der Waals surface area contributed by atoms with Crippen molar-refractivity contribution in [1.29, 1.82) is 0 Å². The maximum absolute atomic E-state index is 12.9. The van der Waals surface area contributed by atoms with Crippen LogP contribution < -0.4 is 0 Å². The van der Waals surface area contributed by atoms with Crippen LogP contribution in [0.15, 0.2) is 146 Å². The fourth-order valence-corrected chi connectivity index (χ4v) is 8.82. The molecule has 1 atom stereocenters. The van der Waals surface area contributed by atoms with E-state index in [1.54, 1.807) is 0 Å². The summed E-state index contributed by atoms with van der Waals surface area (Å²) in [6.07, 6.45) is 97.2. The SMILES string of the molecule is CC/C=C\C/C=C\C/C=C\C/C=C\C/C=C\C/C=C\C/C=C\C/C=C\C/C=C\CCCCCCCCCC(=O)OCC(COC(=O)CCCCCCC/C=C\CCC)OC(=O)CCCCCCCCC/C=C\C/C=C\CCCCCC. The summed E-state index contributed by atoms with van der Waals surface area (Å²) in [6, 6.07) is 0. The summed E-state index contributed by atoms with van der Waals surface area (Å²) in [5, 5.41) is 0. The Hall–Kier alpha value is -4.71. The van der Waals surface area contributed by atoms with E-state index in [-0.39, 0.29) is 31.1 Å². The Kier molecular flexibility index (Phi) is 63.9. The number of carbonyl (C=O) groups excluding carboxylic acids is 3. The maximum atomic E-state index is 12.9. The fourth-order valence-electron chi connectivity index (χ4n) is 8.82. The van der Waals surface area contributed by atoms with Gasteiger partial charge in [0.15, 0.2) is 6.10 Å². The van der Waals surface area contributed by atoms with Crippen LogP contribution in [-0.4, -0.2) is 37.2 Å². The Labute approximate surface area is 499 Å². The van der Waals surface area contributed by atoms with Crippen molar-refractivity contribution in [3.8, 4) is 0 Å². The molecular weight excluding hydrogens is 997 g/mol. The summed E-state index contributed by atoms with van der Waals surface area (Å²) < 4.78 is 16.9. The van der Waals surface area contributed by atoms with Crippen molar-refractivity contribution in [3.63, 3.8) is 0 Å². The summed E-state index contributed by atoms with van der Waals surface area (Å²) in [5.74, 6) is -0.921. The third-order valence-electron chi connectivity index (χ3n) is 13.8. The highest BCUT2D eigenvalue weighted by molar-refractivity contribution is 5.71. The summed E-state index contributed by atoms with van der Waals surface area (Å²) in [5.41, 5.74) is 0. The molecular formula is C75H122O6. The molecule has 6 heteroatoms. The zero-order valence-electron chi connectivity index (χ0n) is 52.5. The first-order valence-corrected chi connectivity index (χ1v) is 33.3. The first-order valence-electron chi connectivity index (χ1n) is 33.3. The van der Waals surface area contributed by atoms with Crippen molar-refractivity contribution < 1.29 is 28.6 Å². The molecule has 0 saturated heterocycles. The average Bonchev–Trinajstić information content (AvgIpc) is 3.47. The number of hydrogen-bond acceptors (Lipinski definition) is 6. The predicted molar refractivity (Wildman–Crippen MR) is 352 cm³/mol. The van der Waals surface area contributed by atoms with Gasteiger partial charge in [-0.15, -0.1) is 0 Å². The first-order chi connectivity index (χ1) is 40.0. The van der Waals surface area contributed by atoms with Gasteiger partial charge in [-0.1, -0.05) is 276 Å². The molecule has 458 valence electrons. The predicted octanol–water partition coefficient (Wildman–Crippen LogP) is 23.1. The van der Waals surface area contributed by atoms with Gasteiger partial charge in [0.25, 0.3) is 0 Å². The van der Waals surface area contributed by atoms with Crippen LogP contribution in [0.2, 0.25) is 0 Å². The Morgan fingerprint density at radius 2 is 0.506 bits per heavy atom. The molecule has 0 aliphatic heterocycles. The molecule has 0 radical (unpaired) electrons. The van der Waals surface area contributed by atoms with Gasteiger partial charge in [0.05, 0.1) is 0 Å². The topological polar surface area (TPSA) is 78.9 Å². The zero-order valence-corrected chi connectivity index (χ0v) is 52.5. The second-order valence-corrected chi connectivity index (χ2v) is 21.6. The normalized spacial score (nSPS) is 13.1. The molecule has 0 bridgehead atoms. The molecule has 0 aromatic carbocycles. The van der Waals surface area contributed by atoms with Gasteiger partial charge >= 0.3 is 17.9 Å². The Morgan fingerprint density at radius 3 is 0.815 bits per heavy atom. The number of rotatable bonds is 59. The number of hydrogen-bond donors (Lipinski definition) is 0. The molecule has 81 heavy (non-hydrogen) atoms. The quantitative estimate of drug-likeness (QED) is 0.0261. The van der Waals surface area contributed by atoms with Crippen molar-refractivity contribution in [1.82, 2.24) is 0 Å². The Balaban J connectivity index is 4.25. The summed E-state index contributed by atoms with van der Waals surface area (Å²) in [7, 11) is 0. The van der Waals surface area contributed by atoms with Crippen LogP contribution in [0.25, 0.3) is 0 Å². The van der Waals surface area contributed by atoms with E-state index in [1.165, 1.54) is 96.3 Å². The number of ether oxygens (including phenoxy) is 3. The number of esters is 3. The number of unbranched alkanes of at least 4 members (excludes halogenated alkanes) is 24. The minimum absolute atomic E-state index is 0.0923. The van der Waals surface area contributed by atoms with Crippen LogP contribution in [0.1, 0.15) is 290 Å². The van der Waals surface area contributed by atoms with Crippen molar-refractivity contribution in [3.05, 3.63) is 146 Å². The largest absolute Gasteiger partial charge is 0.462 e. The number of carbonyl (C=O) groups is 3. The fraction of sp³-hybridized carbons (Fsp3) is 0.640. The maximum Gasteiger partial charge on any atom is 0.306 e. The molecule has 0 heterocycles. The van der Waals surface area contributed by atoms with E-state index < -0.39 is 6.10 Å². The summed E-state index contributed by atoms with van der Waals surface area (Å²) in [4.78, 5) is 38.2. The highest BCUT2D eigenvalue weighted by atomic mass is 16.6. The van der Waals surface area contributed by atoms with Crippen molar-refractivity contribution in [2.75, 3.05) is 13.2 Å². The number of allylic oxidation sites excluding steroid dienone is 24. The molecule has 0 N–H and O–H groups in total. The zero-order chi connectivity index (χ0) is 58.5. The molecule has 0 aromatic rings. The van der Waals surface area contributed by atoms with Crippen LogP contribution in [0.5, 0.6) is 0 Å². The van der Waals surface area contributed by atoms with E-state index in [2.05, 4.69) is 167 Å². The molecule has 0 saturated carbocycles. The van der Waals surface area contributed by atoms with Gasteiger partial charge in [-0.2, -0.15) is 0 Å². The second-order valence-electron chi connectivity index (χ2n) is 21.6. The highest BCUT2D eigenvalue weighted by Gasteiger charge is 2.19. The van der Waals surface area contributed by atoms with Crippen LogP contribution in [0.3, 0.4) is 0 Å². The van der Waals surface area contributed by atoms with Crippen LogP contribution in [0, 0.1) is 0 Å². The van der Waals surface area contributed by atoms with Gasteiger partial charge in [0.1, 0.15) is 13.2 Å². The smallest absolute Gasteiger partial charge is 0.306 e. The van der Waals surface area contributed by atoms with Crippen LogP contribution in [-0.2, 0) is 28.6 Å². The van der Waals surface area contributed by atoms with Gasteiger partial charge in [0, 0.05) is 19.3 Å². The van der Waals surface area contributed by atoms with E-state index in [0.717, 1.165) is 154 Å². The molecule has 0 aliphatic rings. The minimum Gasteiger partial charge on any atom is -0.462 e. The van der Waals surface area contributed by atoms with Crippen molar-refractivity contribution >= 4 is 17.9 Å². The van der Waals surface area contributed by atoms with E-state index in [1.807, 2.05) is 0 Å². The van der Waals surface area contributed by atoms with Gasteiger partial charge in [-0.05, 0) is 141 Å². The molecule has 1 unspecified atom stereocenters. The van der Waals surface area contributed by atoms with Crippen LogP contribution in [0.4, 0.5) is 0 Å². The lowest BCUT2D eigenvalue weighted by Gasteiger charge is -2.18. The molecule has 0 spiro atoms. The molecule has 0 aliphatic carbocycles.